The molecule has 2 saturated carbocycles. The molecule has 3 fully saturated rings. The van der Waals surface area contributed by atoms with Crippen LogP contribution in [-0.4, -0.2) is 22.9 Å². The van der Waals surface area contributed by atoms with Crippen LogP contribution in [0.5, 0.6) is 0 Å². The molecule has 0 aromatic carbocycles. The molecule has 0 radical (unpaired) electrons. The van der Waals surface area contributed by atoms with Crippen LogP contribution in [0.1, 0.15) is 72.1 Å². The van der Waals surface area contributed by atoms with Crippen molar-refractivity contribution in [2.45, 2.75) is 83.3 Å². The molecule has 4 atom stereocenters. The summed E-state index contributed by atoms with van der Waals surface area (Å²) in [6.07, 6.45) is 10.0. The first-order valence-electron chi connectivity index (χ1n) is 8.25. The Morgan fingerprint density at radius 1 is 1.16 bits per heavy atom. The molecule has 3 rings (SSSR count). The van der Waals surface area contributed by atoms with Crippen molar-refractivity contribution < 1.29 is 9.84 Å². The Morgan fingerprint density at radius 3 is 2.68 bits per heavy atom. The van der Waals surface area contributed by atoms with Crippen molar-refractivity contribution in [2.75, 3.05) is 6.61 Å². The fraction of sp³-hybridized carbons (Fsp3) is 1.00. The van der Waals surface area contributed by atoms with Crippen LogP contribution in [0.25, 0.3) is 0 Å². The first-order valence-corrected chi connectivity index (χ1v) is 8.25. The van der Waals surface area contributed by atoms with Crippen molar-refractivity contribution in [3.05, 3.63) is 0 Å². The van der Waals surface area contributed by atoms with Crippen molar-refractivity contribution in [3.63, 3.8) is 0 Å². The van der Waals surface area contributed by atoms with Crippen molar-refractivity contribution in [2.24, 2.45) is 17.3 Å². The van der Waals surface area contributed by atoms with E-state index in [1.54, 1.807) is 0 Å². The minimum absolute atomic E-state index is 0.0621. The van der Waals surface area contributed by atoms with Crippen LogP contribution >= 0.6 is 0 Å². The van der Waals surface area contributed by atoms with Crippen LogP contribution < -0.4 is 0 Å². The summed E-state index contributed by atoms with van der Waals surface area (Å²) >= 11 is 0. The average Bonchev–Trinajstić information content (AvgIpc) is 2.58. The number of aliphatic hydroxyl groups excluding tert-OH is 1. The van der Waals surface area contributed by atoms with E-state index in [0.717, 1.165) is 18.8 Å². The first kappa shape index (κ1) is 13.9. The van der Waals surface area contributed by atoms with E-state index in [1.165, 1.54) is 38.5 Å². The largest absolute Gasteiger partial charge is 0.396 e. The van der Waals surface area contributed by atoms with Gasteiger partial charge in [0.25, 0.3) is 0 Å². The van der Waals surface area contributed by atoms with Crippen LogP contribution in [-0.2, 0) is 4.74 Å². The maximum Gasteiger partial charge on any atom is 0.0774 e. The Hall–Kier alpha value is -0.0800. The topological polar surface area (TPSA) is 29.5 Å². The third-order valence-corrected chi connectivity index (χ3v) is 6.70. The van der Waals surface area contributed by atoms with Crippen LogP contribution in [0.4, 0.5) is 0 Å². The van der Waals surface area contributed by atoms with Gasteiger partial charge < -0.3 is 9.84 Å². The van der Waals surface area contributed by atoms with Gasteiger partial charge in [-0.15, -0.1) is 0 Å². The molecule has 2 bridgehead atoms. The standard InChI is InChI=1S/C17H30O2/c1-15(2)14-8-10-16(3)9-4-6-13(7-5-11-18)17(16,12-14)19-15/h13-14,18H,4-12H2,1-3H3/t13-,14-,16+,17+/m1/s1. The molecule has 1 aliphatic heterocycles. The molecule has 2 heteroatoms. The number of ether oxygens (including phenoxy) is 1. The summed E-state index contributed by atoms with van der Waals surface area (Å²) in [6, 6.07) is 0. The molecule has 1 spiro atoms. The zero-order valence-electron chi connectivity index (χ0n) is 12.9. The van der Waals surface area contributed by atoms with E-state index in [-0.39, 0.29) is 11.2 Å². The van der Waals surface area contributed by atoms with E-state index in [9.17, 15) is 5.11 Å². The maximum atomic E-state index is 9.19. The van der Waals surface area contributed by atoms with E-state index in [4.69, 9.17) is 4.74 Å². The Balaban J connectivity index is 1.93. The fourth-order valence-electron chi connectivity index (χ4n) is 5.50. The molecular formula is C17H30O2. The highest BCUT2D eigenvalue weighted by molar-refractivity contribution is 5.15. The van der Waals surface area contributed by atoms with Gasteiger partial charge in [-0.05, 0) is 76.0 Å². The van der Waals surface area contributed by atoms with E-state index >= 15 is 0 Å². The molecule has 0 aromatic heterocycles. The lowest BCUT2D eigenvalue weighted by Crippen LogP contribution is -2.56. The first-order chi connectivity index (χ1) is 8.94. The predicted molar refractivity (Wildman–Crippen MR) is 77.0 cm³/mol. The van der Waals surface area contributed by atoms with Crippen LogP contribution in [0, 0.1) is 17.3 Å². The summed E-state index contributed by atoms with van der Waals surface area (Å²) in [6.45, 7) is 7.41. The summed E-state index contributed by atoms with van der Waals surface area (Å²) in [4.78, 5) is 0. The zero-order chi connectivity index (χ0) is 13.7. The lowest BCUT2D eigenvalue weighted by atomic mass is 9.52. The molecule has 3 aliphatic rings. The Bertz CT molecular complexity index is 351. The summed E-state index contributed by atoms with van der Waals surface area (Å²) < 4.78 is 6.80. The molecule has 19 heavy (non-hydrogen) atoms. The van der Waals surface area contributed by atoms with Gasteiger partial charge in [0.2, 0.25) is 0 Å². The Kier molecular flexibility index (Phi) is 3.26. The molecule has 2 aliphatic carbocycles. The van der Waals surface area contributed by atoms with Gasteiger partial charge in [0.1, 0.15) is 0 Å². The van der Waals surface area contributed by atoms with E-state index in [1.807, 2.05) is 0 Å². The molecular weight excluding hydrogens is 236 g/mol. The summed E-state index contributed by atoms with van der Waals surface area (Å²) in [5, 5.41) is 9.19. The molecule has 110 valence electrons. The van der Waals surface area contributed by atoms with Crippen molar-refractivity contribution in [3.8, 4) is 0 Å². The minimum Gasteiger partial charge on any atom is -0.396 e. The van der Waals surface area contributed by atoms with Gasteiger partial charge in [0.05, 0.1) is 11.2 Å². The third kappa shape index (κ3) is 1.90. The second-order valence-electron chi connectivity index (χ2n) is 8.05. The van der Waals surface area contributed by atoms with E-state index < -0.39 is 0 Å². The van der Waals surface area contributed by atoms with E-state index in [2.05, 4.69) is 20.8 Å². The highest BCUT2D eigenvalue weighted by Gasteiger charge is 2.65. The SMILES string of the molecule is CC1(C)O[C@]23C[C@H]1CC[C@]2(C)CCC[C@@H]3CCCO. The third-order valence-electron chi connectivity index (χ3n) is 6.70. The quantitative estimate of drug-likeness (QED) is 0.839. The fourth-order valence-corrected chi connectivity index (χ4v) is 5.50. The maximum absolute atomic E-state index is 9.19. The van der Waals surface area contributed by atoms with Gasteiger partial charge in [0.15, 0.2) is 0 Å². The van der Waals surface area contributed by atoms with Gasteiger partial charge in [-0.3, -0.25) is 0 Å². The number of aliphatic hydroxyl groups is 1. The van der Waals surface area contributed by atoms with E-state index in [0.29, 0.717) is 17.9 Å². The summed E-state index contributed by atoms with van der Waals surface area (Å²) in [5.74, 6) is 1.42. The second kappa shape index (κ2) is 4.46. The number of fused-ring (bicyclic) bond motifs is 1. The smallest absolute Gasteiger partial charge is 0.0774 e. The second-order valence-corrected chi connectivity index (χ2v) is 8.05. The molecule has 1 N–H and O–H groups in total. The normalized spacial score (nSPS) is 48.0. The molecule has 0 amide bonds. The van der Waals surface area contributed by atoms with Crippen molar-refractivity contribution in [1.29, 1.82) is 0 Å². The average molecular weight is 266 g/mol. The minimum atomic E-state index is 0.0621. The van der Waals surface area contributed by atoms with Gasteiger partial charge in [0, 0.05) is 6.61 Å². The lowest BCUT2D eigenvalue weighted by molar-refractivity contribution is -0.198. The van der Waals surface area contributed by atoms with Crippen molar-refractivity contribution >= 4 is 0 Å². The van der Waals surface area contributed by atoms with Crippen molar-refractivity contribution in [1.82, 2.24) is 0 Å². The van der Waals surface area contributed by atoms with Gasteiger partial charge in [-0.1, -0.05) is 13.3 Å². The number of hydrogen-bond donors (Lipinski definition) is 1. The zero-order valence-corrected chi connectivity index (χ0v) is 12.9. The molecule has 1 saturated heterocycles. The number of rotatable bonds is 3. The van der Waals surface area contributed by atoms with Crippen LogP contribution in [0.3, 0.4) is 0 Å². The van der Waals surface area contributed by atoms with Gasteiger partial charge in [-0.2, -0.15) is 0 Å². The van der Waals surface area contributed by atoms with Crippen LogP contribution in [0.15, 0.2) is 0 Å². The summed E-state index contributed by atoms with van der Waals surface area (Å²) in [7, 11) is 0. The molecule has 2 nitrogen and oxygen atoms in total. The number of hydrogen-bond acceptors (Lipinski definition) is 2. The monoisotopic (exact) mass is 266 g/mol. The molecule has 0 aromatic rings. The highest BCUT2D eigenvalue weighted by Crippen LogP contribution is 2.66. The summed E-state index contributed by atoms with van der Waals surface area (Å²) in [5.41, 5.74) is 0.565. The highest BCUT2D eigenvalue weighted by atomic mass is 16.5. The Morgan fingerprint density at radius 2 is 1.95 bits per heavy atom. The predicted octanol–water partition coefficient (Wildman–Crippen LogP) is 3.91. The Labute approximate surface area is 117 Å². The lowest BCUT2D eigenvalue weighted by Gasteiger charge is -2.56. The molecule has 0 unspecified atom stereocenters. The molecule has 1 heterocycles. The van der Waals surface area contributed by atoms with Gasteiger partial charge in [-0.25, -0.2) is 0 Å². The van der Waals surface area contributed by atoms with Crippen LogP contribution in [0.2, 0.25) is 0 Å². The van der Waals surface area contributed by atoms with Gasteiger partial charge >= 0.3 is 0 Å².